The Hall–Kier alpha value is -0.420. The molecule has 1 saturated heterocycles. The van der Waals surface area contributed by atoms with E-state index in [0.717, 1.165) is 38.5 Å². The molecule has 0 spiro atoms. The Morgan fingerprint density at radius 1 is 0.944 bits per heavy atom. The number of ether oxygens (including phenoxy) is 1. The van der Waals surface area contributed by atoms with Crippen LogP contribution in [0.5, 0.6) is 0 Å². The van der Waals surface area contributed by atoms with Crippen molar-refractivity contribution in [1.29, 1.82) is 0 Å². The van der Waals surface area contributed by atoms with Gasteiger partial charge in [0.25, 0.3) is 0 Å². The largest absolute Gasteiger partial charge is 0.393 e. The number of hydrogen-bond donors (Lipinski definition) is 3. The van der Waals surface area contributed by atoms with E-state index in [0.29, 0.717) is 23.7 Å². The topological polar surface area (TPSA) is 69.9 Å². The summed E-state index contributed by atoms with van der Waals surface area (Å²) in [5, 5.41) is 33.6. The van der Waals surface area contributed by atoms with Crippen LogP contribution < -0.4 is 0 Å². The van der Waals surface area contributed by atoms with E-state index in [1.165, 1.54) is 0 Å². The Balaban J connectivity index is 1.59. The highest BCUT2D eigenvalue weighted by molar-refractivity contribution is 5.36. The molecule has 206 valence electrons. The van der Waals surface area contributed by atoms with Crippen molar-refractivity contribution in [3.8, 4) is 0 Å². The Morgan fingerprint density at radius 3 is 2.17 bits per heavy atom. The molecule has 12 atom stereocenters. The van der Waals surface area contributed by atoms with E-state index in [1.807, 2.05) is 13.8 Å². The summed E-state index contributed by atoms with van der Waals surface area (Å²) >= 11 is 0. The molecule has 2 unspecified atom stereocenters. The zero-order valence-electron chi connectivity index (χ0n) is 24.7. The van der Waals surface area contributed by atoms with Crippen LogP contribution in [0.2, 0.25) is 0 Å². The third-order valence-corrected chi connectivity index (χ3v) is 13.3. The van der Waals surface area contributed by atoms with Gasteiger partial charge in [0.1, 0.15) is 0 Å². The molecule has 0 aromatic heterocycles. The van der Waals surface area contributed by atoms with Gasteiger partial charge in [-0.05, 0) is 105 Å². The molecule has 0 radical (unpaired) electrons. The summed E-state index contributed by atoms with van der Waals surface area (Å²) < 4.78 is 6.72. The molecule has 1 aliphatic heterocycles. The van der Waals surface area contributed by atoms with E-state index in [2.05, 4.69) is 61.5 Å². The van der Waals surface area contributed by atoms with Crippen LogP contribution in [0.4, 0.5) is 0 Å². The van der Waals surface area contributed by atoms with Crippen molar-refractivity contribution in [3.05, 3.63) is 11.6 Å². The lowest BCUT2D eigenvalue weighted by molar-refractivity contribution is -0.185. The van der Waals surface area contributed by atoms with E-state index in [-0.39, 0.29) is 39.8 Å². The van der Waals surface area contributed by atoms with Crippen molar-refractivity contribution >= 4 is 0 Å². The van der Waals surface area contributed by atoms with Gasteiger partial charge in [-0.15, -0.1) is 0 Å². The molecule has 3 N–H and O–H groups in total. The van der Waals surface area contributed by atoms with Crippen LogP contribution in [-0.2, 0) is 4.74 Å². The Morgan fingerprint density at radius 2 is 1.58 bits per heavy atom. The molecule has 5 rings (SSSR count). The van der Waals surface area contributed by atoms with E-state index in [1.54, 1.807) is 5.57 Å². The predicted octanol–water partition coefficient (Wildman–Crippen LogP) is 6.12. The predicted molar refractivity (Wildman–Crippen MR) is 144 cm³/mol. The van der Waals surface area contributed by atoms with Crippen molar-refractivity contribution in [2.45, 2.75) is 137 Å². The van der Waals surface area contributed by atoms with Gasteiger partial charge in [-0.2, -0.15) is 0 Å². The third-order valence-electron chi connectivity index (χ3n) is 13.3. The molecule has 36 heavy (non-hydrogen) atoms. The second-order valence-electron chi connectivity index (χ2n) is 16.0. The van der Waals surface area contributed by atoms with Crippen LogP contribution in [0, 0.1) is 51.2 Å². The van der Waals surface area contributed by atoms with Crippen LogP contribution in [0.15, 0.2) is 11.6 Å². The summed E-state index contributed by atoms with van der Waals surface area (Å²) in [6, 6.07) is 0. The number of aliphatic hydroxyl groups excluding tert-OH is 2. The van der Waals surface area contributed by atoms with Crippen LogP contribution >= 0.6 is 0 Å². The molecule has 4 fully saturated rings. The molecule has 0 bridgehead atoms. The van der Waals surface area contributed by atoms with Gasteiger partial charge in [0.15, 0.2) is 0 Å². The van der Waals surface area contributed by atoms with Gasteiger partial charge in [-0.1, -0.05) is 60.1 Å². The standard InChI is InChI=1S/C32H54O4/c1-18-15-21-20(29(7)13-11-23(34)27(3,4)25(18)29)16-19(2)32(10)26(22(33)17-30(21,32)8)31(9)14-12-24(36-31)28(5,6)35/h16,18-19,21-26,33-35H,11-15,17H2,1-10H3/t18-,19+,21?,22-,23-,24-,25?,26+,29+,30-,31+,32+/m0/s1. The van der Waals surface area contributed by atoms with Crippen LogP contribution in [0.25, 0.3) is 0 Å². The lowest BCUT2D eigenvalue weighted by Gasteiger charge is -2.67. The minimum atomic E-state index is -0.877. The highest BCUT2D eigenvalue weighted by Crippen LogP contribution is 2.75. The van der Waals surface area contributed by atoms with E-state index in [9.17, 15) is 15.3 Å². The molecular weight excluding hydrogens is 448 g/mol. The number of fused-ring (bicyclic) bond motifs is 5. The molecule has 4 heteroatoms. The summed E-state index contributed by atoms with van der Waals surface area (Å²) in [5.74, 6) is 1.77. The average Bonchev–Trinajstić information content (AvgIpc) is 3.23. The Bertz CT molecular complexity index is 933. The van der Waals surface area contributed by atoms with Gasteiger partial charge >= 0.3 is 0 Å². The molecule has 1 heterocycles. The van der Waals surface area contributed by atoms with Gasteiger partial charge in [0.2, 0.25) is 0 Å². The first-order valence-electron chi connectivity index (χ1n) is 14.8. The normalized spacial score (nSPS) is 56.5. The maximum Gasteiger partial charge on any atom is 0.0865 e. The molecule has 4 nitrogen and oxygen atoms in total. The smallest absolute Gasteiger partial charge is 0.0865 e. The molecule has 0 aromatic rings. The minimum Gasteiger partial charge on any atom is -0.393 e. The van der Waals surface area contributed by atoms with Crippen molar-refractivity contribution in [1.82, 2.24) is 0 Å². The van der Waals surface area contributed by atoms with Crippen molar-refractivity contribution in [3.63, 3.8) is 0 Å². The lowest BCUT2D eigenvalue weighted by atomic mass is 9.38. The molecule has 3 saturated carbocycles. The fourth-order valence-electron chi connectivity index (χ4n) is 11.5. The SMILES string of the molecule is C[C@@H]1C=C2C(C[C@H](C)C3C(C)(C)[C@@H](O)CC[C@]23C)[C@]2(C)C[C@H](O)[C@H]([C@@]3(C)CC[C@@H](C(C)(C)O)O3)[C@@]12C. The first kappa shape index (κ1) is 27.2. The monoisotopic (exact) mass is 502 g/mol. The highest BCUT2D eigenvalue weighted by Gasteiger charge is 2.72. The molecular formula is C32H54O4. The average molecular weight is 503 g/mol. The van der Waals surface area contributed by atoms with Crippen LogP contribution in [-0.4, -0.2) is 44.8 Å². The summed E-state index contributed by atoms with van der Waals surface area (Å²) in [4.78, 5) is 0. The second-order valence-corrected chi connectivity index (χ2v) is 16.0. The van der Waals surface area contributed by atoms with Crippen LogP contribution in [0.1, 0.15) is 108 Å². The van der Waals surface area contributed by atoms with Crippen molar-refractivity contribution in [2.24, 2.45) is 51.2 Å². The van der Waals surface area contributed by atoms with E-state index >= 15 is 0 Å². The lowest BCUT2D eigenvalue weighted by Crippen LogP contribution is -2.62. The quantitative estimate of drug-likeness (QED) is 0.398. The Labute approximate surface area is 220 Å². The second kappa shape index (κ2) is 7.83. The minimum absolute atomic E-state index is 0.0256. The maximum atomic E-state index is 11.9. The summed E-state index contributed by atoms with van der Waals surface area (Å²) in [6.07, 6.45) is 7.36. The fourth-order valence-corrected chi connectivity index (χ4v) is 11.5. The van der Waals surface area contributed by atoms with Crippen LogP contribution in [0.3, 0.4) is 0 Å². The van der Waals surface area contributed by atoms with Gasteiger partial charge in [-0.3, -0.25) is 0 Å². The van der Waals surface area contributed by atoms with Gasteiger partial charge < -0.3 is 20.1 Å². The fraction of sp³-hybridized carbons (Fsp3) is 0.938. The molecule has 4 aliphatic carbocycles. The number of aliphatic hydroxyl groups is 3. The highest BCUT2D eigenvalue weighted by atomic mass is 16.5. The summed E-state index contributed by atoms with van der Waals surface area (Å²) in [7, 11) is 0. The first-order chi connectivity index (χ1) is 16.3. The molecule has 5 aliphatic rings. The van der Waals surface area contributed by atoms with Crippen molar-refractivity contribution in [2.75, 3.05) is 0 Å². The van der Waals surface area contributed by atoms with E-state index in [4.69, 9.17) is 4.74 Å². The summed E-state index contributed by atoms with van der Waals surface area (Å²) in [6.45, 7) is 22.7. The van der Waals surface area contributed by atoms with Gasteiger partial charge in [0, 0.05) is 5.92 Å². The summed E-state index contributed by atoms with van der Waals surface area (Å²) in [5.41, 5.74) is 0.165. The third kappa shape index (κ3) is 3.26. The number of rotatable bonds is 2. The van der Waals surface area contributed by atoms with Crippen molar-refractivity contribution < 1.29 is 20.1 Å². The Kier molecular flexibility index (Phi) is 5.91. The van der Waals surface area contributed by atoms with Gasteiger partial charge in [-0.25, -0.2) is 0 Å². The maximum absolute atomic E-state index is 11.9. The molecule has 0 amide bonds. The number of hydrogen-bond acceptors (Lipinski definition) is 4. The zero-order chi connectivity index (χ0) is 26.9. The van der Waals surface area contributed by atoms with E-state index < -0.39 is 17.3 Å². The molecule has 0 aromatic carbocycles. The number of allylic oxidation sites excluding steroid dienone is 2. The first-order valence-corrected chi connectivity index (χ1v) is 14.8. The van der Waals surface area contributed by atoms with Gasteiger partial charge in [0.05, 0.1) is 29.5 Å². The zero-order valence-corrected chi connectivity index (χ0v) is 24.7.